The Balaban J connectivity index is 1.44. The standard InChI is InChI=1S/C29H39Cl2NO2S/c1-28-11-9-21(33)17-19(28)18-25(27-23-7-8-26(34)29(23,2)12-10-24(27)28)35-22-5-3-20(4-6-22)32(15-13-30)16-14-31/h3-6,17,23-27,34H,7-16,18H2,1-2H3. The van der Waals surface area contributed by atoms with Crippen LogP contribution in [0.3, 0.4) is 0 Å². The van der Waals surface area contributed by atoms with E-state index in [1.807, 2.05) is 17.8 Å². The number of aliphatic hydroxyl groups excluding tert-OH is 1. The summed E-state index contributed by atoms with van der Waals surface area (Å²) in [6.07, 6.45) is 8.85. The van der Waals surface area contributed by atoms with Gasteiger partial charge in [0.2, 0.25) is 0 Å². The number of rotatable bonds is 7. The smallest absolute Gasteiger partial charge is 0.155 e. The molecular formula is C29H39Cl2NO2S. The van der Waals surface area contributed by atoms with Crippen LogP contribution in [0.15, 0.2) is 40.8 Å². The fourth-order valence-corrected chi connectivity index (χ4v) is 9.93. The molecule has 192 valence electrons. The Kier molecular flexibility index (Phi) is 7.59. The first kappa shape index (κ1) is 25.9. The van der Waals surface area contributed by atoms with Gasteiger partial charge in [-0.05, 0) is 97.5 Å². The number of thioether (sulfide) groups is 1. The van der Waals surface area contributed by atoms with Crippen LogP contribution in [0.1, 0.15) is 58.8 Å². The lowest BCUT2D eigenvalue weighted by atomic mass is 9.47. The number of carbonyl (C=O) groups excluding carboxylic acids is 1. The Morgan fingerprint density at radius 3 is 2.43 bits per heavy atom. The number of hydrogen-bond acceptors (Lipinski definition) is 4. The summed E-state index contributed by atoms with van der Waals surface area (Å²) in [5.74, 6) is 3.20. The summed E-state index contributed by atoms with van der Waals surface area (Å²) < 4.78 is 0. The fraction of sp³-hybridized carbons (Fsp3) is 0.690. The summed E-state index contributed by atoms with van der Waals surface area (Å²) in [7, 11) is 0. The summed E-state index contributed by atoms with van der Waals surface area (Å²) >= 11 is 14.0. The van der Waals surface area contributed by atoms with Crippen molar-refractivity contribution in [3.8, 4) is 0 Å². The van der Waals surface area contributed by atoms with E-state index in [0.717, 1.165) is 50.9 Å². The zero-order valence-corrected chi connectivity index (χ0v) is 23.3. The van der Waals surface area contributed by atoms with Crippen LogP contribution in [-0.4, -0.2) is 47.1 Å². The minimum absolute atomic E-state index is 0.0372. The summed E-state index contributed by atoms with van der Waals surface area (Å²) in [5, 5.41) is 11.4. The second kappa shape index (κ2) is 10.2. The minimum atomic E-state index is -0.175. The molecule has 35 heavy (non-hydrogen) atoms. The fourth-order valence-electron chi connectivity index (χ4n) is 8.08. The lowest BCUT2D eigenvalue weighted by molar-refractivity contribution is -0.117. The second-order valence-corrected chi connectivity index (χ2v) is 13.8. The van der Waals surface area contributed by atoms with E-state index in [9.17, 15) is 9.90 Å². The first-order valence-electron chi connectivity index (χ1n) is 13.4. The van der Waals surface area contributed by atoms with Gasteiger partial charge in [0.25, 0.3) is 0 Å². The highest BCUT2D eigenvalue weighted by atomic mass is 35.5. The number of alkyl halides is 2. The van der Waals surface area contributed by atoms with Crippen LogP contribution in [0, 0.1) is 28.6 Å². The van der Waals surface area contributed by atoms with Crippen molar-refractivity contribution < 1.29 is 9.90 Å². The molecule has 1 N–H and O–H groups in total. The van der Waals surface area contributed by atoms with Crippen molar-refractivity contribution in [1.29, 1.82) is 0 Å². The highest BCUT2D eigenvalue weighted by Gasteiger charge is 2.61. The van der Waals surface area contributed by atoms with Crippen molar-refractivity contribution in [3.63, 3.8) is 0 Å². The first-order chi connectivity index (χ1) is 16.8. The van der Waals surface area contributed by atoms with Gasteiger partial charge in [0.1, 0.15) is 0 Å². The lowest BCUT2D eigenvalue weighted by Crippen LogP contribution is -2.55. The molecule has 4 aliphatic carbocycles. The second-order valence-electron chi connectivity index (χ2n) is 11.7. The maximum absolute atomic E-state index is 12.4. The maximum atomic E-state index is 12.4. The summed E-state index contributed by atoms with van der Waals surface area (Å²) in [5.41, 5.74) is 2.73. The van der Waals surface area contributed by atoms with Crippen LogP contribution < -0.4 is 4.90 Å². The third-order valence-corrected chi connectivity index (χ3v) is 11.8. The van der Waals surface area contributed by atoms with Crippen molar-refractivity contribution in [1.82, 2.24) is 0 Å². The van der Waals surface area contributed by atoms with Gasteiger partial charge < -0.3 is 10.0 Å². The maximum Gasteiger partial charge on any atom is 0.155 e. The van der Waals surface area contributed by atoms with Crippen LogP contribution >= 0.6 is 35.0 Å². The number of fused-ring (bicyclic) bond motifs is 5. The van der Waals surface area contributed by atoms with Crippen LogP contribution in [0.2, 0.25) is 0 Å². The van der Waals surface area contributed by atoms with Crippen molar-refractivity contribution in [3.05, 3.63) is 35.9 Å². The summed E-state index contributed by atoms with van der Waals surface area (Å²) in [6, 6.07) is 8.87. The van der Waals surface area contributed by atoms with E-state index in [1.54, 1.807) is 0 Å². The minimum Gasteiger partial charge on any atom is -0.393 e. The number of hydrogen-bond donors (Lipinski definition) is 1. The highest BCUT2D eigenvalue weighted by molar-refractivity contribution is 8.00. The van der Waals surface area contributed by atoms with Crippen LogP contribution in [-0.2, 0) is 4.79 Å². The molecule has 0 aromatic heterocycles. The Morgan fingerprint density at radius 1 is 1.03 bits per heavy atom. The molecule has 4 aliphatic rings. The van der Waals surface area contributed by atoms with Gasteiger partial charge in [0, 0.05) is 47.1 Å². The third kappa shape index (κ3) is 4.60. The average molecular weight is 537 g/mol. The third-order valence-electron chi connectivity index (χ3n) is 10.1. The molecule has 3 nitrogen and oxygen atoms in total. The summed E-state index contributed by atoms with van der Waals surface area (Å²) in [6.45, 7) is 6.37. The number of anilines is 1. The largest absolute Gasteiger partial charge is 0.393 e. The topological polar surface area (TPSA) is 40.5 Å². The molecule has 0 radical (unpaired) electrons. The number of benzene rings is 1. The van der Waals surface area contributed by atoms with Crippen LogP contribution in [0.25, 0.3) is 0 Å². The Bertz CT molecular complexity index is 962. The van der Waals surface area contributed by atoms with Crippen LogP contribution in [0.4, 0.5) is 5.69 Å². The van der Waals surface area contributed by atoms with Gasteiger partial charge in [-0.3, -0.25) is 4.79 Å². The molecule has 6 heteroatoms. The molecule has 0 spiro atoms. The number of halogens is 2. The number of ketones is 1. The first-order valence-corrected chi connectivity index (χ1v) is 15.3. The highest BCUT2D eigenvalue weighted by Crippen LogP contribution is 2.67. The SMILES string of the molecule is CC12CCC(=O)C=C1CC(Sc1ccc(N(CCCl)CCCl)cc1)C1C2CCC2(C)C(O)CCC12. The van der Waals surface area contributed by atoms with E-state index in [4.69, 9.17) is 23.2 Å². The Hall–Kier alpha value is -0.680. The van der Waals surface area contributed by atoms with Crippen molar-refractivity contribution in [2.75, 3.05) is 29.7 Å². The number of aliphatic hydroxyl groups is 1. The monoisotopic (exact) mass is 535 g/mol. The zero-order chi connectivity index (χ0) is 24.8. The Labute approximate surface area is 225 Å². The van der Waals surface area contributed by atoms with E-state index >= 15 is 0 Å². The van der Waals surface area contributed by atoms with Gasteiger partial charge in [-0.15, -0.1) is 35.0 Å². The molecule has 0 aliphatic heterocycles. The van der Waals surface area contributed by atoms with E-state index in [2.05, 4.69) is 43.0 Å². The van der Waals surface area contributed by atoms with E-state index in [1.165, 1.54) is 16.9 Å². The molecular weight excluding hydrogens is 497 g/mol. The van der Waals surface area contributed by atoms with Crippen molar-refractivity contribution in [2.24, 2.45) is 28.6 Å². The molecule has 0 heterocycles. The van der Waals surface area contributed by atoms with E-state index in [0.29, 0.717) is 47.0 Å². The van der Waals surface area contributed by atoms with Gasteiger partial charge >= 0.3 is 0 Å². The number of nitrogens with zero attached hydrogens (tertiary/aromatic N) is 1. The van der Waals surface area contributed by atoms with E-state index in [-0.39, 0.29) is 16.9 Å². The Morgan fingerprint density at radius 2 is 1.74 bits per heavy atom. The normalized spacial score (nSPS) is 38.4. The molecule has 3 saturated carbocycles. The van der Waals surface area contributed by atoms with Gasteiger partial charge in [0.15, 0.2) is 5.78 Å². The molecule has 3 fully saturated rings. The van der Waals surface area contributed by atoms with Gasteiger partial charge in [0.05, 0.1) is 6.10 Å². The quantitative estimate of drug-likeness (QED) is 0.384. The van der Waals surface area contributed by atoms with E-state index < -0.39 is 0 Å². The molecule has 0 saturated heterocycles. The number of allylic oxidation sites excluding steroid dienone is 1. The number of carbonyl (C=O) groups is 1. The van der Waals surface area contributed by atoms with Crippen molar-refractivity contribution in [2.45, 2.75) is 75.0 Å². The lowest BCUT2D eigenvalue weighted by Gasteiger charge is -2.60. The van der Waals surface area contributed by atoms with Crippen LogP contribution in [0.5, 0.6) is 0 Å². The average Bonchev–Trinajstić information content (AvgIpc) is 3.15. The van der Waals surface area contributed by atoms with Crippen molar-refractivity contribution >= 4 is 46.4 Å². The summed E-state index contributed by atoms with van der Waals surface area (Å²) in [4.78, 5) is 16.0. The molecule has 1 aromatic carbocycles. The molecule has 0 bridgehead atoms. The van der Waals surface area contributed by atoms with Gasteiger partial charge in [-0.25, -0.2) is 0 Å². The molecule has 5 rings (SSSR count). The molecule has 0 amide bonds. The van der Waals surface area contributed by atoms with Gasteiger partial charge in [-0.1, -0.05) is 19.4 Å². The molecule has 7 atom stereocenters. The van der Waals surface area contributed by atoms with Gasteiger partial charge in [-0.2, -0.15) is 0 Å². The molecule has 1 aromatic rings. The predicted octanol–water partition coefficient (Wildman–Crippen LogP) is 6.93. The zero-order valence-electron chi connectivity index (χ0n) is 21.0. The molecule has 7 unspecified atom stereocenters. The predicted molar refractivity (Wildman–Crippen MR) is 148 cm³/mol.